The number of nitrogens with zero attached hydrogens (tertiary/aromatic N) is 2. The summed E-state index contributed by atoms with van der Waals surface area (Å²) < 4.78 is 25.1. The molecule has 0 unspecified atom stereocenters. The Bertz CT molecular complexity index is 1510. The summed E-state index contributed by atoms with van der Waals surface area (Å²) >= 11 is 0. The zero-order valence-corrected chi connectivity index (χ0v) is 24.8. The molecule has 0 N–H and O–H groups in total. The van der Waals surface area contributed by atoms with E-state index in [2.05, 4.69) is 0 Å². The molecule has 1 amide bonds. The van der Waals surface area contributed by atoms with E-state index in [0.29, 0.717) is 12.3 Å². The van der Waals surface area contributed by atoms with Crippen LogP contribution in [0.4, 0.5) is 11.4 Å². The molecule has 4 aromatic carbocycles. The smallest absolute Gasteiger partial charge is 0.269 e. The van der Waals surface area contributed by atoms with Crippen molar-refractivity contribution in [3.63, 3.8) is 0 Å². The lowest BCUT2D eigenvalue weighted by molar-refractivity contribution is -0.519. The molecule has 1 aliphatic rings. The van der Waals surface area contributed by atoms with Crippen molar-refractivity contribution in [3.05, 3.63) is 142 Å². The summed E-state index contributed by atoms with van der Waals surface area (Å²) in [5.74, 6) is -0.452. The third-order valence-corrected chi connectivity index (χ3v) is 7.55. The van der Waals surface area contributed by atoms with E-state index in [9.17, 15) is 20.0 Å². The molecule has 10 nitrogen and oxygen atoms in total. The second kappa shape index (κ2) is 15.5. The number of hydrogen-bond donors (Lipinski definition) is 0. The van der Waals surface area contributed by atoms with E-state index in [1.165, 1.54) is 36.1 Å². The van der Waals surface area contributed by atoms with Crippen LogP contribution in [0.5, 0.6) is 0 Å². The number of carbonyl (C=O) groups is 1. The number of anilines is 1. The highest BCUT2D eigenvalue weighted by atomic mass is 16.7. The summed E-state index contributed by atoms with van der Waals surface area (Å²) in [6.07, 6.45) is -4.33. The second-order valence-corrected chi connectivity index (χ2v) is 10.7. The minimum Gasteiger partial charge on any atom is -0.829 e. The van der Waals surface area contributed by atoms with Gasteiger partial charge in [0.25, 0.3) is 5.69 Å². The van der Waals surface area contributed by atoms with E-state index in [0.717, 1.165) is 16.7 Å². The van der Waals surface area contributed by atoms with Crippen molar-refractivity contribution in [2.24, 2.45) is 0 Å². The third-order valence-electron chi connectivity index (χ3n) is 7.55. The molecule has 1 fully saturated rings. The van der Waals surface area contributed by atoms with Crippen LogP contribution in [-0.2, 0) is 43.6 Å². The van der Waals surface area contributed by atoms with Crippen LogP contribution in [-0.4, -0.2) is 48.1 Å². The topological polar surface area (TPSA) is 123 Å². The standard InChI is InChI=1S/C35H35N2O8/c1-25(38)36(29-17-19-30(20-18-29)37(40)41)32-34(44-23-28-15-9-4-10-16-28)33(43-22-27-13-7-3-8-14-27)31(45-35(32)39)24-42-21-26-11-5-2-6-12-26/h2-20,31-35H,21-24H2,1H3/q-1/t31-,32-,33-,34-,35-/m1/s1. The number of rotatable bonds is 13. The van der Waals surface area contributed by atoms with Crippen LogP contribution in [0.3, 0.4) is 0 Å². The molecule has 1 heterocycles. The molecule has 45 heavy (non-hydrogen) atoms. The SMILES string of the molecule is CC(=O)N(c1ccc([N+](=O)[O-])cc1)[C@@H]1[C@@H](OCc2ccccc2)[C@H](OCc2ccccc2)[C@@H](COCc2ccccc2)O[C@H]1[O-]. The molecule has 234 valence electrons. The Balaban J connectivity index is 1.48. The van der Waals surface area contributed by atoms with Crippen LogP contribution in [0, 0.1) is 10.1 Å². The van der Waals surface area contributed by atoms with Gasteiger partial charge in [0.15, 0.2) is 0 Å². The summed E-state index contributed by atoms with van der Waals surface area (Å²) in [5.41, 5.74) is 2.90. The fourth-order valence-electron chi connectivity index (χ4n) is 5.39. The Kier molecular flexibility index (Phi) is 11.0. The predicted octanol–water partition coefficient (Wildman–Crippen LogP) is 4.79. The Morgan fingerprint density at radius 2 is 1.24 bits per heavy atom. The van der Waals surface area contributed by atoms with E-state index in [1.54, 1.807) is 0 Å². The van der Waals surface area contributed by atoms with Crippen LogP contribution in [0.1, 0.15) is 23.6 Å². The van der Waals surface area contributed by atoms with Crippen molar-refractivity contribution < 1.29 is 33.8 Å². The molecule has 0 spiro atoms. The molecule has 0 radical (unpaired) electrons. The Morgan fingerprint density at radius 1 is 0.756 bits per heavy atom. The van der Waals surface area contributed by atoms with Gasteiger partial charge < -0.3 is 29.0 Å². The van der Waals surface area contributed by atoms with Crippen LogP contribution >= 0.6 is 0 Å². The molecule has 1 saturated heterocycles. The first-order valence-corrected chi connectivity index (χ1v) is 14.7. The van der Waals surface area contributed by atoms with Gasteiger partial charge in [-0.05, 0) is 28.8 Å². The third kappa shape index (κ3) is 8.39. The second-order valence-electron chi connectivity index (χ2n) is 10.7. The summed E-state index contributed by atoms with van der Waals surface area (Å²) in [6, 6.07) is 33.0. The highest BCUT2D eigenvalue weighted by Crippen LogP contribution is 2.33. The Morgan fingerprint density at radius 3 is 1.73 bits per heavy atom. The number of nitro groups is 1. The van der Waals surface area contributed by atoms with Crippen molar-refractivity contribution in [1.29, 1.82) is 0 Å². The minimum absolute atomic E-state index is 0.0443. The van der Waals surface area contributed by atoms with Crippen molar-refractivity contribution in [3.8, 4) is 0 Å². The zero-order chi connectivity index (χ0) is 31.6. The van der Waals surface area contributed by atoms with Gasteiger partial charge in [0.1, 0.15) is 18.3 Å². The van der Waals surface area contributed by atoms with Gasteiger partial charge in [0.2, 0.25) is 5.91 Å². The van der Waals surface area contributed by atoms with Crippen LogP contribution in [0.25, 0.3) is 0 Å². The molecular formula is C35H35N2O8-. The molecule has 5 rings (SSSR count). The van der Waals surface area contributed by atoms with Gasteiger partial charge in [-0.1, -0.05) is 91.0 Å². The monoisotopic (exact) mass is 611 g/mol. The van der Waals surface area contributed by atoms with Gasteiger partial charge in [-0.25, -0.2) is 0 Å². The van der Waals surface area contributed by atoms with Crippen molar-refractivity contribution in [2.75, 3.05) is 11.5 Å². The first-order valence-electron chi connectivity index (χ1n) is 14.7. The highest BCUT2D eigenvalue weighted by molar-refractivity contribution is 5.92. The number of carbonyl (C=O) groups excluding carboxylic acids is 1. The molecule has 5 atom stereocenters. The van der Waals surface area contributed by atoms with Crippen LogP contribution in [0.2, 0.25) is 0 Å². The van der Waals surface area contributed by atoms with Crippen LogP contribution < -0.4 is 10.0 Å². The first-order chi connectivity index (χ1) is 21.9. The molecule has 0 aromatic heterocycles. The van der Waals surface area contributed by atoms with E-state index in [4.69, 9.17) is 18.9 Å². The average Bonchev–Trinajstić information content (AvgIpc) is 3.06. The number of benzene rings is 4. The van der Waals surface area contributed by atoms with Crippen LogP contribution in [0.15, 0.2) is 115 Å². The van der Waals surface area contributed by atoms with Crippen molar-refractivity contribution >= 4 is 17.3 Å². The number of hydrogen-bond acceptors (Lipinski definition) is 8. The fraction of sp³-hybridized carbons (Fsp3) is 0.286. The fourth-order valence-corrected chi connectivity index (χ4v) is 5.39. The highest BCUT2D eigenvalue weighted by Gasteiger charge is 2.47. The molecule has 10 heteroatoms. The number of amides is 1. The maximum absolute atomic E-state index is 13.9. The molecule has 4 aromatic rings. The average molecular weight is 612 g/mol. The van der Waals surface area contributed by atoms with Gasteiger partial charge in [-0.2, -0.15) is 0 Å². The van der Waals surface area contributed by atoms with E-state index >= 15 is 0 Å². The first kappa shape index (κ1) is 32.0. The quantitative estimate of drug-likeness (QED) is 0.156. The lowest BCUT2D eigenvalue weighted by Gasteiger charge is -2.52. The van der Waals surface area contributed by atoms with Gasteiger partial charge in [0.05, 0.1) is 37.4 Å². The van der Waals surface area contributed by atoms with E-state index < -0.39 is 41.5 Å². The van der Waals surface area contributed by atoms with Crippen molar-refractivity contribution in [2.45, 2.75) is 57.4 Å². The number of nitro benzene ring substituents is 1. The Labute approximate surface area is 261 Å². The van der Waals surface area contributed by atoms with Gasteiger partial charge in [-0.3, -0.25) is 14.9 Å². The van der Waals surface area contributed by atoms with E-state index in [1.807, 2.05) is 91.0 Å². The van der Waals surface area contributed by atoms with E-state index in [-0.39, 0.29) is 25.5 Å². The maximum atomic E-state index is 13.9. The molecule has 1 aliphatic heterocycles. The number of non-ortho nitro benzene ring substituents is 1. The molecule has 0 saturated carbocycles. The van der Waals surface area contributed by atoms with Gasteiger partial charge >= 0.3 is 0 Å². The lowest BCUT2D eigenvalue weighted by atomic mass is 9.94. The Hall–Kier alpha value is -4.45. The van der Waals surface area contributed by atoms with Crippen molar-refractivity contribution in [1.82, 2.24) is 0 Å². The number of ether oxygens (including phenoxy) is 4. The minimum atomic E-state index is -1.74. The summed E-state index contributed by atoms with van der Waals surface area (Å²) in [7, 11) is 0. The summed E-state index contributed by atoms with van der Waals surface area (Å²) in [5, 5.41) is 25.2. The van der Waals surface area contributed by atoms with Gasteiger partial charge in [-0.15, -0.1) is 0 Å². The van der Waals surface area contributed by atoms with Gasteiger partial charge in [0, 0.05) is 31.0 Å². The molecule has 0 bridgehead atoms. The zero-order valence-electron chi connectivity index (χ0n) is 24.8. The molecule has 0 aliphatic carbocycles. The largest absolute Gasteiger partial charge is 0.829 e. The summed E-state index contributed by atoms with van der Waals surface area (Å²) in [6.45, 7) is 2.02. The normalized spacial score (nSPS) is 21.2. The molecular weight excluding hydrogens is 576 g/mol. The summed E-state index contributed by atoms with van der Waals surface area (Å²) in [4.78, 5) is 25.3. The lowest BCUT2D eigenvalue weighted by Crippen LogP contribution is -2.69. The predicted molar refractivity (Wildman–Crippen MR) is 165 cm³/mol. The maximum Gasteiger partial charge on any atom is 0.269 e.